The molecule has 0 radical (unpaired) electrons. The number of benzene rings is 2. The molecule has 0 fully saturated rings. The van der Waals surface area contributed by atoms with E-state index in [4.69, 9.17) is 14.5 Å². The number of fused-ring (bicyclic) bond motifs is 1. The first-order valence-corrected chi connectivity index (χ1v) is 9.47. The summed E-state index contributed by atoms with van der Waals surface area (Å²) < 4.78 is 10.5. The summed E-state index contributed by atoms with van der Waals surface area (Å²) in [6.07, 6.45) is -0.505. The molecular formula is C23H24N2O4. The third-order valence-corrected chi connectivity index (χ3v) is 4.72. The van der Waals surface area contributed by atoms with Crippen LogP contribution in [0, 0.1) is 13.8 Å². The van der Waals surface area contributed by atoms with Gasteiger partial charge in [-0.25, -0.2) is 14.6 Å². The van der Waals surface area contributed by atoms with E-state index in [1.165, 1.54) is 7.05 Å². The van der Waals surface area contributed by atoms with Crippen molar-refractivity contribution in [1.29, 1.82) is 0 Å². The van der Waals surface area contributed by atoms with Gasteiger partial charge in [0.15, 0.2) is 0 Å². The second kappa shape index (κ2) is 8.73. The van der Waals surface area contributed by atoms with Gasteiger partial charge >= 0.3 is 12.1 Å². The van der Waals surface area contributed by atoms with E-state index in [1.807, 2.05) is 56.3 Å². The first-order valence-electron chi connectivity index (χ1n) is 9.47. The number of carbonyl (C=O) groups excluding carboxylic acids is 2. The van der Waals surface area contributed by atoms with E-state index < -0.39 is 6.09 Å². The minimum Gasteiger partial charge on any atom is -0.462 e. The van der Waals surface area contributed by atoms with Gasteiger partial charge in [-0.1, -0.05) is 30.3 Å². The number of aryl methyl sites for hydroxylation is 2. The minimum absolute atomic E-state index is 0.0879. The van der Waals surface area contributed by atoms with Crippen LogP contribution in [0.5, 0.6) is 0 Å². The van der Waals surface area contributed by atoms with Gasteiger partial charge in [0, 0.05) is 23.6 Å². The lowest BCUT2D eigenvalue weighted by Crippen LogP contribution is -2.19. The van der Waals surface area contributed by atoms with Crippen LogP contribution in [0.25, 0.3) is 22.2 Å². The van der Waals surface area contributed by atoms with Gasteiger partial charge in [0.25, 0.3) is 0 Å². The zero-order valence-corrected chi connectivity index (χ0v) is 17.0. The first-order chi connectivity index (χ1) is 14.0. The summed E-state index contributed by atoms with van der Waals surface area (Å²) in [6.45, 7) is 5.95. The van der Waals surface area contributed by atoms with Crippen LogP contribution in [0.3, 0.4) is 0 Å². The molecule has 6 heteroatoms. The van der Waals surface area contributed by atoms with Crippen LogP contribution in [-0.2, 0) is 16.1 Å². The highest BCUT2D eigenvalue weighted by Gasteiger charge is 2.19. The first kappa shape index (κ1) is 20.3. The van der Waals surface area contributed by atoms with Crippen LogP contribution >= 0.6 is 0 Å². The molecule has 150 valence electrons. The zero-order chi connectivity index (χ0) is 21.0. The number of pyridine rings is 1. The highest BCUT2D eigenvalue weighted by molar-refractivity contribution is 5.99. The fourth-order valence-electron chi connectivity index (χ4n) is 3.39. The van der Waals surface area contributed by atoms with Gasteiger partial charge in [-0.3, -0.25) is 0 Å². The average molecular weight is 392 g/mol. The van der Waals surface area contributed by atoms with Crippen LogP contribution in [0.2, 0.25) is 0 Å². The summed E-state index contributed by atoms with van der Waals surface area (Å²) >= 11 is 0. The van der Waals surface area contributed by atoms with E-state index in [2.05, 4.69) is 5.32 Å². The van der Waals surface area contributed by atoms with Crippen molar-refractivity contribution in [3.63, 3.8) is 0 Å². The molecule has 1 aromatic heterocycles. The van der Waals surface area contributed by atoms with E-state index in [0.29, 0.717) is 17.9 Å². The fourth-order valence-corrected chi connectivity index (χ4v) is 3.39. The maximum Gasteiger partial charge on any atom is 0.407 e. The topological polar surface area (TPSA) is 77.5 Å². The molecule has 0 bridgehead atoms. The standard InChI is InChI=1S/C23H24N2O4/c1-5-28-22(26)19-14(2)11-17-12-18(13-29-23(27)24-4)21(25-20(17)15(19)3)16-9-7-6-8-10-16/h6-12H,5,13H2,1-4H3,(H,24,27). The maximum absolute atomic E-state index is 12.4. The molecule has 0 saturated carbocycles. The van der Waals surface area contributed by atoms with Crippen molar-refractivity contribution in [3.05, 3.63) is 64.7 Å². The lowest BCUT2D eigenvalue weighted by atomic mass is 9.96. The minimum atomic E-state index is -0.505. The van der Waals surface area contributed by atoms with E-state index in [-0.39, 0.29) is 12.6 Å². The molecule has 0 atom stereocenters. The van der Waals surface area contributed by atoms with Gasteiger partial charge in [-0.05, 0) is 44.0 Å². The number of alkyl carbamates (subject to hydrolysis) is 1. The zero-order valence-electron chi connectivity index (χ0n) is 17.0. The number of hydrogen-bond acceptors (Lipinski definition) is 5. The summed E-state index contributed by atoms with van der Waals surface area (Å²) in [5, 5.41) is 3.33. The van der Waals surface area contributed by atoms with Crippen LogP contribution in [0.15, 0.2) is 42.5 Å². The predicted octanol–water partition coefficient (Wildman–Crippen LogP) is 4.55. The number of carbonyl (C=O) groups is 2. The summed E-state index contributed by atoms with van der Waals surface area (Å²) in [6, 6.07) is 13.6. The predicted molar refractivity (Wildman–Crippen MR) is 112 cm³/mol. The SMILES string of the molecule is CCOC(=O)c1c(C)cc2cc(COC(=O)NC)c(-c3ccccc3)nc2c1C. The van der Waals surface area contributed by atoms with Crippen molar-refractivity contribution in [3.8, 4) is 11.3 Å². The molecule has 0 spiro atoms. The van der Waals surface area contributed by atoms with Crippen molar-refractivity contribution in [2.45, 2.75) is 27.4 Å². The number of nitrogens with one attached hydrogen (secondary N) is 1. The molecule has 29 heavy (non-hydrogen) atoms. The summed E-state index contributed by atoms with van der Waals surface area (Å²) in [5.74, 6) is -0.348. The van der Waals surface area contributed by atoms with Crippen molar-refractivity contribution >= 4 is 23.0 Å². The highest BCUT2D eigenvalue weighted by atomic mass is 16.5. The maximum atomic E-state index is 12.4. The highest BCUT2D eigenvalue weighted by Crippen LogP contribution is 2.31. The van der Waals surface area contributed by atoms with E-state index in [1.54, 1.807) is 6.92 Å². The van der Waals surface area contributed by atoms with Gasteiger partial charge in [0.2, 0.25) is 0 Å². The molecule has 2 aromatic carbocycles. The Morgan fingerprint density at radius 1 is 1.07 bits per heavy atom. The Morgan fingerprint density at radius 2 is 1.79 bits per heavy atom. The molecule has 0 unspecified atom stereocenters. The van der Waals surface area contributed by atoms with Gasteiger partial charge < -0.3 is 14.8 Å². The smallest absolute Gasteiger partial charge is 0.407 e. The quantitative estimate of drug-likeness (QED) is 0.645. The molecule has 1 amide bonds. The largest absolute Gasteiger partial charge is 0.462 e. The molecule has 0 aliphatic rings. The lowest BCUT2D eigenvalue weighted by molar-refractivity contribution is 0.0525. The van der Waals surface area contributed by atoms with Gasteiger partial charge in [0.05, 0.1) is 23.4 Å². The third kappa shape index (κ3) is 4.21. The molecular weight excluding hydrogens is 368 g/mol. The molecule has 0 aliphatic heterocycles. The second-order valence-electron chi connectivity index (χ2n) is 6.67. The summed E-state index contributed by atoms with van der Waals surface area (Å²) in [4.78, 5) is 28.9. The van der Waals surface area contributed by atoms with Crippen LogP contribution in [-0.4, -0.2) is 30.7 Å². The Bertz CT molecular complexity index is 1060. The summed E-state index contributed by atoms with van der Waals surface area (Å²) in [5.41, 5.74) is 5.26. The Labute approximate surface area is 169 Å². The van der Waals surface area contributed by atoms with Crippen LogP contribution in [0.1, 0.15) is 34.0 Å². The molecule has 1 N–H and O–H groups in total. The number of esters is 1. The number of hydrogen-bond donors (Lipinski definition) is 1. The monoisotopic (exact) mass is 392 g/mol. The number of ether oxygens (including phenoxy) is 2. The molecule has 0 saturated heterocycles. The van der Waals surface area contributed by atoms with Gasteiger partial charge in [0.1, 0.15) is 6.61 Å². The molecule has 3 aromatic rings. The van der Waals surface area contributed by atoms with E-state index in [9.17, 15) is 9.59 Å². The van der Waals surface area contributed by atoms with Crippen LogP contribution < -0.4 is 5.32 Å². The number of nitrogens with zero attached hydrogens (tertiary/aromatic N) is 1. The molecule has 0 aliphatic carbocycles. The number of aromatic nitrogens is 1. The Balaban J connectivity index is 2.21. The van der Waals surface area contributed by atoms with Crippen molar-refractivity contribution in [2.24, 2.45) is 0 Å². The Kier molecular flexibility index (Phi) is 6.12. The van der Waals surface area contributed by atoms with E-state index in [0.717, 1.165) is 33.2 Å². The molecule has 3 rings (SSSR count). The Morgan fingerprint density at radius 3 is 2.45 bits per heavy atom. The lowest BCUT2D eigenvalue weighted by Gasteiger charge is -2.16. The summed E-state index contributed by atoms with van der Waals surface area (Å²) in [7, 11) is 1.52. The number of amides is 1. The van der Waals surface area contributed by atoms with Crippen LogP contribution in [0.4, 0.5) is 4.79 Å². The fraction of sp³-hybridized carbons (Fsp3) is 0.261. The van der Waals surface area contributed by atoms with E-state index >= 15 is 0 Å². The Hall–Kier alpha value is -3.41. The van der Waals surface area contributed by atoms with Crippen molar-refractivity contribution < 1.29 is 19.1 Å². The number of rotatable bonds is 5. The van der Waals surface area contributed by atoms with Gasteiger partial charge in [-0.15, -0.1) is 0 Å². The molecule has 6 nitrogen and oxygen atoms in total. The van der Waals surface area contributed by atoms with Crippen molar-refractivity contribution in [1.82, 2.24) is 10.3 Å². The average Bonchev–Trinajstić information content (AvgIpc) is 2.72. The third-order valence-electron chi connectivity index (χ3n) is 4.72. The second-order valence-corrected chi connectivity index (χ2v) is 6.67. The van der Waals surface area contributed by atoms with Gasteiger partial charge in [-0.2, -0.15) is 0 Å². The normalized spacial score (nSPS) is 10.6. The molecule has 1 heterocycles. The van der Waals surface area contributed by atoms with Crippen molar-refractivity contribution in [2.75, 3.05) is 13.7 Å².